The third-order valence-corrected chi connectivity index (χ3v) is 4.35. The standard InChI is InChI=1S/C25H26O7/c1-7-12-32-25-22(29-4)15-18(16-23(25)30-5)9-11-19(26)10-8-17-13-20(27-2)24(31-6)21(14-17)28-3/h1,8-11,13-16H,12H2,2-6H3/b10-8+,11-9+. The predicted molar refractivity (Wildman–Crippen MR) is 123 cm³/mol. The molecule has 0 unspecified atom stereocenters. The summed E-state index contributed by atoms with van der Waals surface area (Å²) in [7, 11) is 7.61. The Morgan fingerprint density at radius 3 is 1.50 bits per heavy atom. The van der Waals surface area contributed by atoms with E-state index in [2.05, 4.69) is 5.92 Å². The van der Waals surface area contributed by atoms with Crippen molar-refractivity contribution in [3.05, 3.63) is 47.5 Å². The average molecular weight is 438 g/mol. The molecule has 2 aromatic carbocycles. The largest absolute Gasteiger partial charge is 0.493 e. The van der Waals surface area contributed by atoms with Crippen LogP contribution in [-0.4, -0.2) is 47.9 Å². The molecule has 0 aliphatic rings. The summed E-state index contributed by atoms with van der Waals surface area (Å²) in [5.74, 6) is 4.95. The number of carbonyl (C=O) groups is 1. The van der Waals surface area contributed by atoms with Gasteiger partial charge >= 0.3 is 0 Å². The summed E-state index contributed by atoms with van der Waals surface area (Å²) in [5, 5.41) is 0. The lowest BCUT2D eigenvalue weighted by molar-refractivity contribution is -0.110. The van der Waals surface area contributed by atoms with Gasteiger partial charge in [0.1, 0.15) is 6.61 Å². The van der Waals surface area contributed by atoms with Crippen LogP contribution in [0.2, 0.25) is 0 Å². The summed E-state index contributed by atoms with van der Waals surface area (Å²) in [5.41, 5.74) is 1.42. The molecule has 0 atom stereocenters. The van der Waals surface area contributed by atoms with Gasteiger partial charge in [0.2, 0.25) is 11.5 Å². The molecule has 7 heteroatoms. The van der Waals surface area contributed by atoms with Gasteiger partial charge < -0.3 is 28.4 Å². The maximum atomic E-state index is 12.4. The highest BCUT2D eigenvalue weighted by atomic mass is 16.5. The Morgan fingerprint density at radius 2 is 1.16 bits per heavy atom. The van der Waals surface area contributed by atoms with E-state index in [1.54, 1.807) is 36.4 Å². The quantitative estimate of drug-likeness (QED) is 0.387. The minimum atomic E-state index is -0.218. The Morgan fingerprint density at radius 1 is 0.750 bits per heavy atom. The number of carbonyl (C=O) groups excluding carboxylic acids is 1. The molecule has 0 heterocycles. The number of terminal acetylenes is 1. The molecule has 0 aliphatic carbocycles. The van der Waals surface area contributed by atoms with Crippen molar-refractivity contribution in [2.45, 2.75) is 0 Å². The number of ketones is 1. The third kappa shape index (κ3) is 5.99. The molecule has 0 N–H and O–H groups in total. The first-order chi connectivity index (χ1) is 15.5. The van der Waals surface area contributed by atoms with Crippen molar-refractivity contribution in [3.63, 3.8) is 0 Å². The second-order valence-corrected chi connectivity index (χ2v) is 6.28. The van der Waals surface area contributed by atoms with Gasteiger partial charge in [0.15, 0.2) is 28.8 Å². The van der Waals surface area contributed by atoms with Crippen LogP contribution in [0.3, 0.4) is 0 Å². The van der Waals surface area contributed by atoms with Crippen LogP contribution < -0.4 is 28.4 Å². The van der Waals surface area contributed by atoms with Gasteiger partial charge in [0.25, 0.3) is 0 Å². The number of allylic oxidation sites excluding steroid dienone is 2. The molecule has 0 fully saturated rings. The molecule has 32 heavy (non-hydrogen) atoms. The molecule has 0 saturated carbocycles. The molecule has 0 radical (unpaired) electrons. The monoisotopic (exact) mass is 438 g/mol. The third-order valence-electron chi connectivity index (χ3n) is 4.35. The fourth-order valence-corrected chi connectivity index (χ4v) is 2.86. The zero-order chi connectivity index (χ0) is 23.5. The van der Waals surface area contributed by atoms with Crippen LogP contribution in [0.4, 0.5) is 0 Å². The first-order valence-electron chi connectivity index (χ1n) is 9.53. The molecule has 7 nitrogen and oxygen atoms in total. The molecule has 168 valence electrons. The van der Waals surface area contributed by atoms with Gasteiger partial charge in [-0.15, -0.1) is 6.42 Å². The smallest absolute Gasteiger partial charge is 0.204 e. The maximum Gasteiger partial charge on any atom is 0.204 e. The van der Waals surface area contributed by atoms with Crippen LogP contribution in [0, 0.1) is 12.3 Å². The molecular weight excluding hydrogens is 412 g/mol. The van der Waals surface area contributed by atoms with Crippen molar-refractivity contribution in [1.82, 2.24) is 0 Å². The van der Waals surface area contributed by atoms with Crippen molar-refractivity contribution in [3.8, 4) is 46.8 Å². The number of methoxy groups -OCH3 is 5. The molecule has 0 bridgehead atoms. The molecule has 0 amide bonds. The summed E-state index contributed by atoms with van der Waals surface area (Å²) in [6.07, 6.45) is 11.4. The molecule has 0 saturated heterocycles. The fourth-order valence-electron chi connectivity index (χ4n) is 2.86. The highest BCUT2D eigenvalue weighted by molar-refractivity contribution is 6.04. The highest BCUT2D eigenvalue weighted by Gasteiger charge is 2.14. The van der Waals surface area contributed by atoms with Crippen LogP contribution in [0.1, 0.15) is 11.1 Å². The second-order valence-electron chi connectivity index (χ2n) is 6.28. The Balaban J connectivity index is 2.24. The molecule has 2 rings (SSSR count). The Labute approximate surface area is 188 Å². The van der Waals surface area contributed by atoms with E-state index in [0.29, 0.717) is 40.1 Å². The summed E-state index contributed by atoms with van der Waals surface area (Å²) in [4.78, 5) is 12.4. The number of hydrogen-bond donors (Lipinski definition) is 0. The Bertz CT molecular complexity index is 995. The first-order valence-corrected chi connectivity index (χ1v) is 9.53. The van der Waals surface area contributed by atoms with Gasteiger partial charge in [-0.2, -0.15) is 0 Å². The van der Waals surface area contributed by atoms with Gasteiger partial charge in [-0.1, -0.05) is 18.1 Å². The van der Waals surface area contributed by atoms with Gasteiger partial charge in [-0.3, -0.25) is 4.79 Å². The van der Waals surface area contributed by atoms with Gasteiger partial charge in [0.05, 0.1) is 35.5 Å². The highest BCUT2D eigenvalue weighted by Crippen LogP contribution is 2.39. The molecule has 0 aromatic heterocycles. The van der Waals surface area contributed by atoms with E-state index in [9.17, 15) is 4.79 Å². The Hall–Kier alpha value is -4.05. The number of hydrogen-bond acceptors (Lipinski definition) is 7. The van der Waals surface area contributed by atoms with Crippen molar-refractivity contribution in [1.29, 1.82) is 0 Å². The molecular formula is C25H26O7. The van der Waals surface area contributed by atoms with Gasteiger partial charge in [-0.05, 0) is 47.5 Å². The van der Waals surface area contributed by atoms with Crippen molar-refractivity contribution < 1.29 is 33.2 Å². The van der Waals surface area contributed by atoms with Crippen molar-refractivity contribution in [2.24, 2.45) is 0 Å². The van der Waals surface area contributed by atoms with E-state index in [1.807, 2.05) is 0 Å². The number of rotatable bonds is 11. The second kappa shape index (κ2) is 12.0. The van der Waals surface area contributed by atoms with Crippen molar-refractivity contribution in [2.75, 3.05) is 42.2 Å². The van der Waals surface area contributed by atoms with Gasteiger partial charge in [0, 0.05) is 0 Å². The summed E-state index contributed by atoms with van der Waals surface area (Å²) in [6, 6.07) is 6.95. The SMILES string of the molecule is C#CCOc1c(OC)cc(/C=C/C(=O)/C=C/c2cc(OC)c(OC)c(OC)c2)cc1OC. The maximum absolute atomic E-state index is 12.4. The minimum absolute atomic E-state index is 0.0755. The average Bonchev–Trinajstić information content (AvgIpc) is 2.83. The summed E-state index contributed by atoms with van der Waals surface area (Å²) in [6.45, 7) is 0.0755. The van der Waals surface area contributed by atoms with Crippen molar-refractivity contribution >= 4 is 17.9 Å². The van der Waals surface area contributed by atoms with E-state index in [1.165, 1.54) is 47.7 Å². The van der Waals surface area contributed by atoms with E-state index in [4.69, 9.17) is 34.8 Å². The minimum Gasteiger partial charge on any atom is -0.493 e. The topological polar surface area (TPSA) is 72.5 Å². The molecule has 0 spiro atoms. The number of ether oxygens (including phenoxy) is 6. The zero-order valence-corrected chi connectivity index (χ0v) is 18.8. The van der Waals surface area contributed by atoms with E-state index in [-0.39, 0.29) is 12.4 Å². The fraction of sp³-hybridized carbons (Fsp3) is 0.240. The summed E-state index contributed by atoms with van der Waals surface area (Å²) < 4.78 is 32.2. The van der Waals surface area contributed by atoms with Crippen LogP contribution in [0.25, 0.3) is 12.2 Å². The van der Waals surface area contributed by atoms with E-state index in [0.717, 1.165) is 5.56 Å². The first kappa shape index (κ1) is 24.2. The number of benzene rings is 2. The van der Waals surface area contributed by atoms with Crippen LogP contribution in [-0.2, 0) is 4.79 Å². The summed E-state index contributed by atoms with van der Waals surface area (Å²) >= 11 is 0. The van der Waals surface area contributed by atoms with E-state index >= 15 is 0 Å². The van der Waals surface area contributed by atoms with Crippen LogP contribution in [0.5, 0.6) is 34.5 Å². The van der Waals surface area contributed by atoms with Crippen LogP contribution >= 0.6 is 0 Å². The lowest BCUT2D eigenvalue weighted by Crippen LogP contribution is -2.00. The molecule has 2 aromatic rings. The molecule has 0 aliphatic heterocycles. The lowest BCUT2D eigenvalue weighted by Gasteiger charge is -2.14. The normalized spacial score (nSPS) is 10.6. The van der Waals surface area contributed by atoms with E-state index < -0.39 is 0 Å². The zero-order valence-electron chi connectivity index (χ0n) is 18.8. The van der Waals surface area contributed by atoms with Gasteiger partial charge in [-0.25, -0.2) is 0 Å². The predicted octanol–water partition coefficient (Wildman–Crippen LogP) is 4.04. The Kier molecular flexibility index (Phi) is 9.05. The van der Waals surface area contributed by atoms with Crippen LogP contribution in [0.15, 0.2) is 36.4 Å². The lowest BCUT2D eigenvalue weighted by atomic mass is 10.1.